The summed E-state index contributed by atoms with van der Waals surface area (Å²) in [6.45, 7) is 2.50. The standard InChI is InChI=1S/C14H14Cl2F2O4/c1-3-21-12(19)14(11(17)18,13(20)22-4-2)9-6-5-8(15)7-10(9)16/h5-7,11H,3-4H2,1-2H3. The third-order valence-electron chi connectivity index (χ3n) is 2.88. The Hall–Kier alpha value is -1.40. The fraction of sp³-hybridized carbons (Fsp3) is 0.429. The molecule has 0 amide bonds. The third kappa shape index (κ3) is 3.33. The molecule has 0 spiro atoms. The third-order valence-corrected chi connectivity index (χ3v) is 3.43. The van der Waals surface area contributed by atoms with Gasteiger partial charge in [-0.15, -0.1) is 0 Å². The molecule has 0 saturated heterocycles. The van der Waals surface area contributed by atoms with Gasteiger partial charge in [-0.25, -0.2) is 8.78 Å². The molecule has 122 valence electrons. The summed E-state index contributed by atoms with van der Waals surface area (Å²) in [7, 11) is 0. The van der Waals surface area contributed by atoms with Crippen LogP contribution in [0.25, 0.3) is 0 Å². The lowest BCUT2D eigenvalue weighted by atomic mass is 9.80. The van der Waals surface area contributed by atoms with E-state index in [-0.39, 0.29) is 23.3 Å². The summed E-state index contributed by atoms with van der Waals surface area (Å²) in [5.41, 5.74) is -3.36. The maximum atomic E-state index is 13.8. The largest absolute Gasteiger partial charge is 0.465 e. The summed E-state index contributed by atoms with van der Waals surface area (Å²) in [5, 5.41) is -0.0847. The molecule has 0 atom stereocenters. The van der Waals surface area contributed by atoms with Gasteiger partial charge in [-0.1, -0.05) is 29.3 Å². The lowest BCUT2D eigenvalue weighted by Gasteiger charge is -2.29. The van der Waals surface area contributed by atoms with Crippen LogP contribution in [0.3, 0.4) is 0 Å². The van der Waals surface area contributed by atoms with Gasteiger partial charge in [0.1, 0.15) is 0 Å². The van der Waals surface area contributed by atoms with Crippen molar-refractivity contribution in [3.05, 3.63) is 33.8 Å². The fourth-order valence-electron chi connectivity index (χ4n) is 1.90. The first-order chi connectivity index (χ1) is 10.3. The van der Waals surface area contributed by atoms with Crippen molar-refractivity contribution >= 4 is 35.1 Å². The molecule has 0 unspecified atom stereocenters. The van der Waals surface area contributed by atoms with Gasteiger partial charge in [0.2, 0.25) is 0 Å². The number of alkyl halides is 2. The van der Waals surface area contributed by atoms with Crippen LogP contribution in [0.15, 0.2) is 18.2 Å². The Balaban J connectivity index is 3.61. The van der Waals surface area contributed by atoms with Gasteiger partial charge in [0, 0.05) is 15.6 Å². The number of halogens is 4. The summed E-state index contributed by atoms with van der Waals surface area (Å²) in [4.78, 5) is 24.3. The topological polar surface area (TPSA) is 52.6 Å². The molecule has 0 bridgehead atoms. The molecule has 0 aliphatic carbocycles. The number of carbonyl (C=O) groups is 2. The molecule has 0 radical (unpaired) electrons. The highest BCUT2D eigenvalue weighted by Crippen LogP contribution is 2.39. The highest BCUT2D eigenvalue weighted by molar-refractivity contribution is 6.35. The normalized spacial score (nSPS) is 11.4. The van der Waals surface area contributed by atoms with E-state index in [4.69, 9.17) is 23.2 Å². The molecule has 0 aromatic heterocycles. The van der Waals surface area contributed by atoms with E-state index < -0.39 is 29.3 Å². The molecule has 1 rings (SSSR count). The zero-order chi connectivity index (χ0) is 16.9. The first kappa shape index (κ1) is 18.6. The van der Waals surface area contributed by atoms with Crippen LogP contribution < -0.4 is 0 Å². The van der Waals surface area contributed by atoms with E-state index in [1.807, 2.05) is 0 Å². The quantitative estimate of drug-likeness (QED) is 0.578. The van der Waals surface area contributed by atoms with Crippen molar-refractivity contribution in [1.82, 2.24) is 0 Å². The molecule has 8 heteroatoms. The number of carbonyl (C=O) groups excluding carboxylic acids is 2. The second-order valence-corrected chi connectivity index (χ2v) is 5.02. The lowest BCUT2D eigenvalue weighted by molar-refractivity contribution is -0.173. The minimum Gasteiger partial charge on any atom is -0.465 e. The summed E-state index contributed by atoms with van der Waals surface area (Å²) in [6.07, 6.45) is -3.41. The zero-order valence-electron chi connectivity index (χ0n) is 11.9. The Morgan fingerprint density at radius 2 is 1.64 bits per heavy atom. The molecule has 4 nitrogen and oxygen atoms in total. The number of hydrogen-bond acceptors (Lipinski definition) is 4. The van der Waals surface area contributed by atoms with Crippen molar-refractivity contribution in [3.8, 4) is 0 Å². The summed E-state index contributed by atoms with van der Waals surface area (Å²) in [5.74, 6) is -2.85. The van der Waals surface area contributed by atoms with Crippen LogP contribution >= 0.6 is 23.2 Å². The van der Waals surface area contributed by atoms with E-state index in [0.29, 0.717) is 0 Å². The first-order valence-electron chi connectivity index (χ1n) is 6.40. The molecule has 0 N–H and O–H groups in total. The van der Waals surface area contributed by atoms with E-state index in [1.54, 1.807) is 0 Å². The molecule has 1 aromatic rings. The Labute approximate surface area is 136 Å². The monoisotopic (exact) mass is 354 g/mol. The number of ether oxygens (including phenoxy) is 2. The van der Waals surface area contributed by atoms with Crippen LogP contribution in [0.2, 0.25) is 10.0 Å². The molecular formula is C14H14Cl2F2O4. The van der Waals surface area contributed by atoms with Crippen LogP contribution in [-0.2, 0) is 24.5 Å². The Bertz CT molecular complexity index is 546. The van der Waals surface area contributed by atoms with Crippen LogP contribution in [0.5, 0.6) is 0 Å². The van der Waals surface area contributed by atoms with Crippen molar-refractivity contribution in [2.24, 2.45) is 0 Å². The summed E-state index contributed by atoms with van der Waals surface area (Å²) >= 11 is 11.6. The molecule has 0 aliphatic heterocycles. The van der Waals surface area contributed by atoms with Crippen molar-refractivity contribution in [2.45, 2.75) is 25.7 Å². The summed E-state index contributed by atoms with van der Waals surface area (Å²) < 4.78 is 36.9. The van der Waals surface area contributed by atoms with E-state index >= 15 is 0 Å². The Morgan fingerprint density at radius 3 is 2.00 bits per heavy atom. The van der Waals surface area contributed by atoms with E-state index in [0.717, 1.165) is 12.1 Å². The highest BCUT2D eigenvalue weighted by atomic mass is 35.5. The first-order valence-corrected chi connectivity index (χ1v) is 7.16. The van der Waals surface area contributed by atoms with Gasteiger partial charge in [-0.3, -0.25) is 9.59 Å². The van der Waals surface area contributed by atoms with Crippen LogP contribution in [0.4, 0.5) is 8.78 Å². The van der Waals surface area contributed by atoms with Gasteiger partial charge < -0.3 is 9.47 Å². The number of rotatable bonds is 6. The van der Waals surface area contributed by atoms with Crippen molar-refractivity contribution in [3.63, 3.8) is 0 Å². The smallest absolute Gasteiger partial charge is 0.334 e. The zero-order valence-corrected chi connectivity index (χ0v) is 13.4. The number of benzene rings is 1. The number of esters is 2. The van der Waals surface area contributed by atoms with Gasteiger partial charge in [-0.05, 0) is 26.0 Å². The molecule has 22 heavy (non-hydrogen) atoms. The van der Waals surface area contributed by atoms with Crippen LogP contribution in [0.1, 0.15) is 19.4 Å². The van der Waals surface area contributed by atoms with Crippen molar-refractivity contribution in [1.29, 1.82) is 0 Å². The second-order valence-electron chi connectivity index (χ2n) is 4.17. The SMILES string of the molecule is CCOC(=O)C(C(=O)OCC)(c1ccc(Cl)cc1Cl)C(F)F. The molecule has 1 aromatic carbocycles. The number of hydrogen-bond donors (Lipinski definition) is 0. The average molecular weight is 355 g/mol. The maximum Gasteiger partial charge on any atom is 0.334 e. The van der Waals surface area contributed by atoms with Crippen molar-refractivity contribution in [2.75, 3.05) is 13.2 Å². The predicted molar refractivity (Wildman–Crippen MR) is 77.4 cm³/mol. The molecule has 0 fully saturated rings. The van der Waals surface area contributed by atoms with Gasteiger partial charge in [0.05, 0.1) is 13.2 Å². The van der Waals surface area contributed by atoms with Gasteiger partial charge >= 0.3 is 11.9 Å². The average Bonchev–Trinajstić information content (AvgIpc) is 2.42. The Morgan fingerprint density at radius 1 is 1.14 bits per heavy atom. The van der Waals surface area contributed by atoms with E-state index in [1.165, 1.54) is 19.9 Å². The van der Waals surface area contributed by atoms with Gasteiger partial charge in [0.15, 0.2) is 0 Å². The van der Waals surface area contributed by atoms with Gasteiger partial charge in [0.25, 0.3) is 11.8 Å². The van der Waals surface area contributed by atoms with Crippen molar-refractivity contribution < 1.29 is 27.8 Å². The Kier molecular flexibility index (Phi) is 6.56. The molecular weight excluding hydrogens is 341 g/mol. The maximum absolute atomic E-state index is 13.8. The van der Waals surface area contributed by atoms with Crippen LogP contribution in [0, 0.1) is 0 Å². The molecule has 0 aliphatic rings. The van der Waals surface area contributed by atoms with Crippen LogP contribution in [-0.4, -0.2) is 31.6 Å². The highest BCUT2D eigenvalue weighted by Gasteiger charge is 2.59. The predicted octanol–water partition coefficient (Wildman–Crippen LogP) is 3.62. The van der Waals surface area contributed by atoms with E-state index in [2.05, 4.69) is 9.47 Å². The molecule has 0 saturated carbocycles. The second kappa shape index (κ2) is 7.74. The minimum atomic E-state index is -3.41. The molecule has 0 heterocycles. The lowest BCUT2D eigenvalue weighted by Crippen LogP contribution is -2.52. The summed E-state index contributed by atoms with van der Waals surface area (Å²) in [6, 6.07) is 3.50. The minimum absolute atomic E-state index is 0.171. The van der Waals surface area contributed by atoms with E-state index in [9.17, 15) is 18.4 Å². The fourth-order valence-corrected chi connectivity index (χ4v) is 2.46. The van der Waals surface area contributed by atoms with Gasteiger partial charge in [-0.2, -0.15) is 0 Å².